The highest BCUT2D eigenvalue weighted by Crippen LogP contribution is 2.13. The number of benzene rings is 2. The Bertz CT molecular complexity index is 802. The summed E-state index contributed by atoms with van der Waals surface area (Å²) >= 11 is 0. The van der Waals surface area contributed by atoms with Gasteiger partial charge in [-0.2, -0.15) is 0 Å². The molecule has 142 valence electrons. The Balaban J connectivity index is 1.76. The molecular formula is C20H22N2O5. The number of anilines is 1. The van der Waals surface area contributed by atoms with E-state index in [1.165, 1.54) is 7.05 Å². The van der Waals surface area contributed by atoms with Gasteiger partial charge in [0.2, 0.25) is 0 Å². The number of nitrogens with one attached hydrogen (secondary N) is 2. The van der Waals surface area contributed by atoms with Crippen molar-refractivity contribution in [2.45, 2.75) is 12.8 Å². The number of aryl methyl sites for hydroxylation is 1. The third-order valence-corrected chi connectivity index (χ3v) is 3.78. The Labute approximate surface area is 157 Å². The van der Waals surface area contributed by atoms with Crippen molar-refractivity contribution in [3.8, 4) is 5.75 Å². The van der Waals surface area contributed by atoms with Crippen LogP contribution in [-0.4, -0.2) is 38.5 Å². The van der Waals surface area contributed by atoms with E-state index >= 15 is 0 Å². The topological polar surface area (TPSA) is 93.7 Å². The van der Waals surface area contributed by atoms with Crippen molar-refractivity contribution in [2.24, 2.45) is 0 Å². The van der Waals surface area contributed by atoms with Gasteiger partial charge in [0.15, 0.2) is 6.61 Å². The zero-order chi connectivity index (χ0) is 19.6. The summed E-state index contributed by atoms with van der Waals surface area (Å²) in [6.45, 7) is -0.383. The predicted octanol–water partition coefficient (Wildman–Crippen LogP) is 2.17. The van der Waals surface area contributed by atoms with Gasteiger partial charge in [-0.25, -0.2) is 0 Å². The summed E-state index contributed by atoms with van der Waals surface area (Å²) in [6, 6.07) is 13.9. The average Bonchev–Trinajstić information content (AvgIpc) is 2.70. The van der Waals surface area contributed by atoms with Crippen LogP contribution in [0.3, 0.4) is 0 Å². The van der Waals surface area contributed by atoms with E-state index in [1.54, 1.807) is 31.4 Å². The van der Waals surface area contributed by atoms with E-state index in [0.29, 0.717) is 17.7 Å². The van der Waals surface area contributed by atoms with Crippen molar-refractivity contribution in [2.75, 3.05) is 26.1 Å². The van der Waals surface area contributed by atoms with Crippen molar-refractivity contribution in [1.82, 2.24) is 5.32 Å². The molecule has 0 bridgehead atoms. The maximum absolute atomic E-state index is 11.9. The lowest BCUT2D eigenvalue weighted by Crippen LogP contribution is -2.22. The zero-order valence-electron chi connectivity index (χ0n) is 15.3. The summed E-state index contributed by atoms with van der Waals surface area (Å²) in [4.78, 5) is 35.3. The number of rotatable bonds is 8. The number of carbonyl (C=O) groups is 3. The monoisotopic (exact) mass is 370 g/mol. The number of methoxy groups -OCH3 is 1. The molecule has 0 aliphatic rings. The summed E-state index contributed by atoms with van der Waals surface area (Å²) in [5.41, 5.74) is 1.85. The first-order chi connectivity index (χ1) is 13.0. The standard InChI is InChI=1S/C20H22N2O5/c1-21-20(25)15-4-3-5-16(12-15)22-18(23)13-27-19(24)11-8-14-6-9-17(26-2)10-7-14/h3-7,9-10,12H,8,11,13H2,1-2H3,(H,21,25)(H,22,23). The van der Waals surface area contributed by atoms with Crippen molar-refractivity contribution in [3.63, 3.8) is 0 Å². The molecule has 2 aromatic carbocycles. The van der Waals surface area contributed by atoms with Crippen molar-refractivity contribution < 1.29 is 23.9 Å². The first-order valence-corrected chi connectivity index (χ1v) is 8.42. The van der Waals surface area contributed by atoms with E-state index in [0.717, 1.165) is 11.3 Å². The Morgan fingerprint density at radius 2 is 1.78 bits per heavy atom. The lowest BCUT2D eigenvalue weighted by Gasteiger charge is -2.08. The molecule has 0 unspecified atom stereocenters. The molecular weight excluding hydrogens is 348 g/mol. The van der Waals surface area contributed by atoms with Crippen LogP contribution in [0.4, 0.5) is 5.69 Å². The molecule has 2 rings (SSSR count). The molecule has 0 spiro atoms. The molecule has 27 heavy (non-hydrogen) atoms. The second kappa shape index (κ2) is 9.96. The van der Waals surface area contributed by atoms with Gasteiger partial charge in [-0.15, -0.1) is 0 Å². The van der Waals surface area contributed by atoms with Crippen molar-refractivity contribution in [3.05, 3.63) is 59.7 Å². The molecule has 7 nitrogen and oxygen atoms in total. The second-order valence-electron chi connectivity index (χ2n) is 5.72. The summed E-state index contributed by atoms with van der Waals surface area (Å²) in [5, 5.41) is 5.10. The predicted molar refractivity (Wildman–Crippen MR) is 101 cm³/mol. The fourth-order valence-corrected chi connectivity index (χ4v) is 2.34. The summed E-state index contributed by atoms with van der Waals surface area (Å²) in [7, 11) is 3.12. The number of ether oxygens (including phenoxy) is 2. The molecule has 0 aromatic heterocycles. The van der Waals surface area contributed by atoms with Crippen LogP contribution in [-0.2, 0) is 20.7 Å². The second-order valence-corrected chi connectivity index (χ2v) is 5.72. The SMILES string of the molecule is CNC(=O)c1cccc(NC(=O)COC(=O)CCc2ccc(OC)cc2)c1. The highest BCUT2D eigenvalue weighted by Gasteiger charge is 2.10. The van der Waals surface area contributed by atoms with Gasteiger partial charge in [0.05, 0.1) is 7.11 Å². The quantitative estimate of drug-likeness (QED) is 0.695. The lowest BCUT2D eigenvalue weighted by molar-refractivity contribution is -0.147. The molecule has 0 aliphatic heterocycles. The van der Waals surface area contributed by atoms with Gasteiger partial charge in [-0.05, 0) is 42.3 Å². The Morgan fingerprint density at radius 1 is 1.04 bits per heavy atom. The summed E-state index contributed by atoms with van der Waals surface area (Å²) in [6.07, 6.45) is 0.685. The van der Waals surface area contributed by atoms with E-state index in [2.05, 4.69) is 10.6 Å². The van der Waals surface area contributed by atoms with Crippen LogP contribution in [0.1, 0.15) is 22.3 Å². The van der Waals surface area contributed by atoms with Gasteiger partial charge in [0.25, 0.3) is 11.8 Å². The van der Waals surface area contributed by atoms with Gasteiger partial charge in [0, 0.05) is 24.7 Å². The highest BCUT2D eigenvalue weighted by atomic mass is 16.5. The van der Waals surface area contributed by atoms with E-state index in [1.807, 2.05) is 24.3 Å². The van der Waals surface area contributed by atoms with Crippen molar-refractivity contribution >= 4 is 23.5 Å². The molecule has 2 amide bonds. The lowest BCUT2D eigenvalue weighted by atomic mass is 10.1. The van der Waals surface area contributed by atoms with E-state index in [4.69, 9.17) is 9.47 Å². The normalized spacial score (nSPS) is 10.0. The average molecular weight is 370 g/mol. The third-order valence-electron chi connectivity index (χ3n) is 3.78. The Kier molecular flexibility index (Phi) is 7.37. The number of hydrogen-bond donors (Lipinski definition) is 2. The molecule has 0 fully saturated rings. The molecule has 0 saturated heterocycles. The fourth-order valence-electron chi connectivity index (χ4n) is 2.34. The van der Waals surface area contributed by atoms with Crippen LogP contribution in [0.2, 0.25) is 0 Å². The maximum Gasteiger partial charge on any atom is 0.306 e. The zero-order valence-corrected chi connectivity index (χ0v) is 15.3. The Hall–Kier alpha value is -3.35. The van der Waals surface area contributed by atoms with Crippen LogP contribution in [0.15, 0.2) is 48.5 Å². The van der Waals surface area contributed by atoms with Gasteiger partial charge in [-0.3, -0.25) is 14.4 Å². The maximum atomic E-state index is 11.9. The van der Waals surface area contributed by atoms with Crippen LogP contribution in [0, 0.1) is 0 Å². The molecule has 0 aliphatic carbocycles. The smallest absolute Gasteiger partial charge is 0.306 e. The third kappa shape index (κ3) is 6.47. The number of hydrogen-bond acceptors (Lipinski definition) is 5. The number of esters is 1. The Morgan fingerprint density at radius 3 is 2.44 bits per heavy atom. The highest BCUT2D eigenvalue weighted by molar-refractivity contribution is 5.97. The minimum Gasteiger partial charge on any atom is -0.497 e. The van der Waals surface area contributed by atoms with Crippen LogP contribution in [0.25, 0.3) is 0 Å². The van der Waals surface area contributed by atoms with Gasteiger partial charge < -0.3 is 20.1 Å². The molecule has 7 heteroatoms. The van der Waals surface area contributed by atoms with E-state index < -0.39 is 11.9 Å². The minimum atomic E-state index is -0.471. The van der Waals surface area contributed by atoms with Gasteiger partial charge >= 0.3 is 5.97 Å². The summed E-state index contributed by atoms with van der Waals surface area (Å²) < 4.78 is 10.1. The summed E-state index contributed by atoms with van der Waals surface area (Å²) in [5.74, 6) is -0.434. The molecule has 0 saturated carbocycles. The van der Waals surface area contributed by atoms with Crippen LogP contribution in [0.5, 0.6) is 5.75 Å². The number of carbonyl (C=O) groups excluding carboxylic acids is 3. The van der Waals surface area contributed by atoms with Crippen LogP contribution < -0.4 is 15.4 Å². The molecule has 0 heterocycles. The number of amides is 2. The first-order valence-electron chi connectivity index (χ1n) is 8.42. The van der Waals surface area contributed by atoms with Crippen molar-refractivity contribution in [1.29, 1.82) is 0 Å². The van der Waals surface area contributed by atoms with E-state index in [9.17, 15) is 14.4 Å². The van der Waals surface area contributed by atoms with E-state index in [-0.39, 0.29) is 18.9 Å². The molecule has 2 N–H and O–H groups in total. The minimum absolute atomic E-state index is 0.172. The van der Waals surface area contributed by atoms with Gasteiger partial charge in [0.1, 0.15) is 5.75 Å². The molecule has 0 radical (unpaired) electrons. The largest absolute Gasteiger partial charge is 0.497 e. The fraction of sp³-hybridized carbons (Fsp3) is 0.250. The van der Waals surface area contributed by atoms with Gasteiger partial charge in [-0.1, -0.05) is 18.2 Å². The molecule has 0 atom stereocenters. The van der Waals surface area contributed by atoms with Crippen LogP contribution >= 0.6 is 0 Å². The molecule has 2 aromatic rings. The first kappa shape index (κ1) is 20.0.